The summed E-state index contributed by atoms with van der Waals surface area (Å²) in [7, 11) is 5.91. The Kier molecular flexibility index (Phi) is 50.2. The monoisotopic (exact) mass is 994 g/mol. The molecule has 0 aliphatic heterocycles. The lowest BCUT2D eigenvalue weighted by molar-refractivity contribution is -0.870. The highest BCUT2D eigenvalue weighted by atomic mass is 16.7. The van der Waals surface area contributed by atoms with Gasteiger partial charge in [-0.25, -0.2) is 0 Å². The van der Waals surface area contributed by atoms with Crippen LogP contribution in [0.25, 0.3) is 0 Å². The zero-order valence-electron chi connectivity index (χ0n) is 46.3. The van der Waals surface area contributed by atoms with Gasteiger partial charge in [0.2, 0.25) is 0 Å². The number of carboxylic acid groups (broad SMARTS) is 1. The standard InChI is InChI=1S/C62H107NO8/c1-6-8-10-12-14-16-18-20-22-24-26-27-28-29-30-31-32-33-35-37-39-41-43-45-47-49-51-53-60(65)71-58(57-70-62(61(66)67)68-55-54-63(3,4)5)56-69-59(64)52-50-48-46-44-42-40-38-36-34-25-23-21-19-17-15-13-11-9-7-2/h8,10,14,16,20,22,26-27,29-30,32-33,37,39,58,62H,6-7,9,11-13,15,17-19,21,23-25,28,31,34-36,38,40-57H2,1-5H3/b10-8-,16-14-,22-20-,27-26-,30-29-,33-32-,39-37-. The molecule has 9 nitrogen and oxygen atoms in total. The first kappa shape index (κ1) is 67.5. The molecule has 9 heteroatoms. The van der Waals surface area contributed by atoms with Gasteiger partial charge in [-0.1, -0.05) is 234 Å². The number of esters is 2. The Balaban J connectivity index is 4.32. The van der Waals surface area contributed by atoms with Gasteiger partial charge in [-0.2, -0.15) is 0 Å². The van der Waals surface area contributed by atoms with Crippen LogP contribution >= 0.6 is 0 Å². The third kappa shape index (κ3) is 54.1. The number of carbonyl (C=O) groups is 3. The lowest BCUT2D eigenvalue weighted by Gasteiger charge is -2.26. The molecule has 2 unspecified atom stereocenters. The van der Waals surface area contributed by atoms with Crippen LogP contribution in [0.3, 0.4) is 0 Å². The molecule has 0 rings (SSSR count). The molecule has 0 bridgehead atoms. The first-order valence-corrected chi connectivity index (χ1v) is 28.7. The lowest BCUT2D eigenvalue weighted by Crippen LogP contribution is -2.44. The maximum absolute atomic E-state index is 12.9. The summed E-state index contributed by atoms with van der Waals surface area (Å²) in [5.74, 6) is -2.31. The van der Waals surface area contributed by atoms with Crippen molar-refractivity contribution in [2.75, 3.05) is 47.5 Å². The zero-order valence-corrected chi connectivity index (χ0v) is 46.3. The van der Waals surface area contributed by atoms with Crippen molar-refractivity contribution in [1.82, 2.24) is 0 Å². The largest absolute Gasteiger partial charge is 0.545 e. The van der Waals surface area contributed by atoms with Gasteiger partial charge in [-0.3, -0.25) is 9.59 Å². The van der Waals surface area contributed by atoms with Crippen LogP contribution in [0.5, 0.6) is 0 Å². The number of hydrogen-bond donors (Lipinski definition) is 0. The second-order valence-electron chi connectivity index (χ2n) is 20.2. The van der Waals surface area contributed by atoms with Crippen molar-refractivity contribution in [3.8, 4) is 0 Å². The van der Waals surface area contributed by atoms with E-state index in [0.717, 1.165) is 96.3 Å². The molecule has 0 aliphatic carbocycles. The van der Waals surface area contributed by atoms with Crippen molar-refractivity contribution in [1.29, 1.82) is 0 Å². The molecule has 0 saturated heterocycles. The van der Waals surface area contributed by atoms with Gasteiger partial charge < -0.3 is 33.3 Å². The van der Waals surface area contributed by atoms with E-state index in [1.807, 2.05) is 21.1 Å². The van der Waals surface area contributed by atoms with E-state index in [1.54, 1.807) is 0 Å². The molecular formula is C62H107NO8. The van der Waals surface area contributed by atoms with E-state index in [4.69, 9.17) is 18.9 Å². The maximum atomic E-state index is 12.9. The van der Waals surface area contributed by atoms with E-state index < -0.39 is 24.3 Å². The molecule has 71 heavy (non-hydrogen) atoms. The summed E-state index contributed by atoms with van der Waals surface area (Å²) >= 11 is 0. The van der Waals surface area contributed by atoms with Crippen molar-refractivity contribution in [3.63, 3.8) is 0 Å². The minimum Gasteiger partial charge on any atom is -0.545 e. The van der Waals surface area contributed by atoms with Crippen LogP contribution in [0.4, 0.5) is 0 Å². The smallest absolute Gasteiger partial charge is 0.306 e. The number of rotatable bonds is 52. The summed E-state index contributed by atoms with van der Waals surface area (Å²) in [6, 6.07) is 0. The molecule has 0 fully saturated rings. The predicted octanol–water partition coefficient (Wildman–Crippen LogP) is 15.5. The quantitative estimate of drug-likeness (QED) is 0.0195. The minimum atomic E-state index is -1.63. The number of unbranched alkanes of at least 4 members (excludes halogenated alkanes) is 23. The number of ether oxygens (including phenoxy) is 4. The zero-order chi connectivity index (χ0) is 52.0. The molecule has 0 N–H and O–H groups in total. The van der Waals surface area contributed by atoms with E-state index in [9.17, 15) is 19.5 Å². The highest BCUT2D eigenvalue weighted by molar-refractivity contribution is 5.70. The molecular weight excluding hydrogens is 887 g/mol. The number of quaternary nitrogens is 1. The normalized spacial score (nSPS) is 13.4. The average Bonchev–Trinajstić information content (AvgIpc) is 3.34. The summed E-state index contributed by atoms with van der Waals surface area (Å²) in [6.07, 6.45) is 66.2. The SMILES string of the molecule is CC/C=C\C/C=C\C/C=C\C/C=C\C/C=C\C/C=C\C/C=C\CCCCCCCC(=O)OC(COC(=O)CCCCCCCCCCCCCCCCCCCCC)COC(OCC[N+](C)(C)C)C(=O)[O-]. The Bertz CT molecular complexity index is 1440. The summed E-state index contributed by atoms with van der Waals surface area (Å²) < 4.78 is 22.7. The highest BCUT2D eigenvalue weighted by Crippen LogP contribution is 2.16. The average molecular weight is 995 g/mol. The van der Waals surface area contributed by atoms with Crippen LogP contribution < -0.4 is 5.11 Å². The van der Waals surface area contributed by atoms with Crippen LogP contribution in [0.1, 0.15) is 232 Å². The fourth-order valence-electron chi connectivity index (χ4n) is 7.75. The van der Waals surface area contributed by atoms with Gasteiger partial charge in [0.1, 0.15) is 13.2 Å². The molecule has 0 aliphatic rings. The lowest BCUT2D eigenvalue weighted by atomic mass is 10.0. The molecule has 0 aromatic carbocycles. The van der Waals surface area contributed by atoms with E-state index in [2.05, 4.69) is 98.9 Å². The number of hydrogen-bond acceptors (Lipinski definition) is 8. The first-order valence-electron chi connectivity index (χ1n) is 28.7. The topological polar surface area (TPSA) is 111 Å². The Labute approximate surface area is 436 Å². The van der Waals surface area contributed by atoms with Gasteiger partial charge in [-0.05, 0) is 70.6 Å². The Morgan fingerprint density at radius 3 is 1.20 bits per heavy atom. The van der Waals surface area contributed by atoms with Gasteiger partial charge in [0.05, 0.1) is 40.3 Å². The molecule has 0 aromatic rings. The molecule has 0 spiro atoms. The summed E-state index contributed by atoms with van der Waals surface area (Å²) in [5.41, 5.74) is 0. The van der Waals surface area contributed by atoms with Crippen LogP contribution in [0.15, 0.2) is 85.1 Å². The van der Waals surface area contributed by atoms with Gasteiger partial charge in [0.25, 0.3) is 0 Å². The van der Waals surface area contributed by atoms with Gasteiger partial charge in [-0.15, -0.1) is 0 Å². The van der Waals surface area contributed by atoms with E-state index in [-0.39, 0.29) is 38.6 Å². The number of likely N-dealkylation sites (N-methyl/N-ethyl adjacent to an activating group) is 1. The number of allylic oxidation sites excluding steroid dienone is 14. The molecule has 408 valence electrons. The van der Waals surface area contributed by atoms with Crippen LogP contribution in [0, 0.1) is 0 Å². The van der Waals surface area contributed by atoms with Crippen molar-refractivity contribution in [2.45, 2.75) is 245 Å². The second kappa shape index (κ2) is 52.8. The van der Waals surface area contributed by atoms with Crippen molar-refractivity contribution in [2.24, 2.45) is 0 Å². The van der Waals surface area contributed by atoms with Gasteiger partial charge in [0.15, 0.2) is 12.4 Å². The Hall–Kier alpha value is -3.53. The van der Waals surface area contributed by atoms with Gasteiger partial charge in [0, 0.05) is 12.8 Å². The van der Waals surface area contributed by atoms with E-state index in [0.29, 0.717) is 17.4 Å². The molecule has 0 amide bonds. The Morgan fingerprint density at radius 1 is 0.437 bits per heavy atom. The predicted molar refractivity (Wildman–Crippen MR) is 297 cm³/mol. The number of carbonyl (C=O) groups excluding carboxylic acids is 3. The highest BCUT2D eigenvalue weighted by Gasteiger charge is 2.22. The molecule has 2 atom stereocenters. The van der Waals surface area contributed by atoms with E-state index >= 15 is 0 Å². The van der Waals surface area contributed by atoms with Gasteiger partial charge >= 0.3 is 11.9 Å². The molecule has 0 heterocycles. The minimum absolute atomic E-state index is 0.141. The third-order valence-corrected chi connectivity index (χ3v) is 12.2. The fraction of sp³-hybridized carbons (Fsp3) is 0.726. The van der Waals surface area contributed by atoms with Crippen LogP contribution in [0.2, 0.25) is 0 Å². The summed E-state index contributed by atoms with van der Waals surface area (Å²) in [5, 5.41) is 11.8. The third-order valence-electron chi connectivity index (χ3n) is 12.2. The van der Waals surface area contributed by atoms with Crippen molar-refractivity contribution < 1.29 is 42.9 Å². The van der Waals surface area contributed by atoms with E-state index in [1.165, 1.54) is 103 Å². The van der Waals surface area contributed by atoms with Crippen LogP contribution in [-0.2, 0) is 33.3 Å². The summed E-state index contributed by atoms with van der Waals surface area (Å²) in [6.45, 7) is 4.62. The van der Waals surface area contributed by atoms with Crippen molar-refractivity contribution in [3.05, 3.63) is 85.1 Å². The number of carboxylic acids is 1. The van der Waals surface area contributed by atoms with Crippen molar-refractivity contribution >= 4 is 17.9 Å². The number of aliphatic carboxylic acids is 1. The second-order valence-corrected chi connectivity index (χ2v) is 20.2. The number of nitrogens with zero attached hydrogens (tertiary/aromatic N) is 1. The summed E-state index contributed by atoms with van der Waals surface area (Å²) in [4.78, 5) is 37.3. The Morgan fingerprint density at radius 2 is 0.803 bits per heavy atom. The molecule has 0 saturated carbocycles. The maximum Gasteiger partial charge on any atom is 0.306 e. The van der Waals surface area contributed by atoms with Crippen LogP contribution in [-0.4, -0.2) is 82.3 Å². The molecule has 0 radical (unpaired) electrons. The molecule has 0 aromatic heterocycles. The fourth-order valence-corrected chi connectivity index (χ4v) is 7.75. The first-order chi connectivity index (χ1) is 34.6.